The van der Waals surface area contributed by atoms with Crippen LogP contribution >= 0.6 is 0 Å². The Hall–Kier alpha value is -1.53. The minimum atomic E-state index is -1.99. The van der Waals surface area contributed by atoms with Gasteiger partial charge >= 0.3 is 0 Å². The van der Waals surface area contributed by atoms with Gasteiger partial charge in [0.15, 0.2) is 25.5 Å². The first-order valence-corrected chi connectivity index (χ1v) is 12.2. The third kappa shape index (κ3) is 2.74. The van der Waals surface area contributed by atoms with Gasteiger partial charge in [-0.1, -0.05) is 32.9 Å². The van der Waals surface area contributed by atoms with E-state index in [1.54, 1.807) is 17.0 Å². The topological polar surface area (TPSA) is 59.0 Å². The molecule has 0 saturated carbocycles. The van der Waals surface area contributed by atoms with Crippen molar-refractivity contribution in [3.05, 3.63) is 23.8 Å². The molecule has 0 aliphatic carbocycles. The normalized spacial score (nSPS) is 25.7. The van der Waals surface area contributed by atoms with E-state index in [4.69, 9.17) is 9.16 Å². The lowest BCUT2D eigenvalue weighted by atomic mass is 9.76. The number of hydrogen-bond acceptors (Lipinski definition) is 4. The molecule has 2 aliphatic rings. The highest BCUT2D eigenvalue weighted by molar-refractivity contribution is 6.74. The number of phenolic OH excluding ortho intramolecular Hbond substituents is 1. The highest BCUT2D eigenvalue weighted by Crippen LogP contribution is 2.55. The summed E-state index contributed by atoms with van der Waals surface area (Å²) in [7, 11) is -1.99. The van der Waals surface area contributed by atoms with E-state index in [1.165, 1.54) is 0 Å². The number of nitrogens with zero attached hydrogens (tertiary/aromatic N) is 1. The molecule has 2 aliphatic heterocycles. The molecule has 6 heteroatoms. The van der Waals surface area contributed by atoms with Crippen LogP contribution in [0.15, 0.2) is 18.2 Å². The third-order valence-electron chi connectivity index (χ3n) is 6.21. The maximum Gasteiger partial charge on any atom is 0.234 e. The van der Waals surface area contributed by atoms with Crippen molar-refractivity contribution >= 4 is 14.2 Å². The SMILES string of the molecule is C[C@@H](O[Si](C)(C)C(C)(C)C)[C@H]1C(=O)N2[C@@H]1c1cccc(O)c1OC2(C)C. The van der Waals surface area contributed by atoms with Gasteiger partial charge in [-0.25, -0.2) is 0 Å². The van der Waals surface area contributed by atoms with Gasteiger partial charge in [-0.2, -0.15) is 0 Å². The Balaban J connectivity index is 1.95. The summed E-state index contributed by atoms with van der Waals surface area (Å²) in [6, 6.07) is 5.22. The number of para-hydroxylation sites is 1. The number of ether oxygens (including phenoxy) is 1. The third-order valence-corrected chi connectivity index (χ3v) is 10.8. The molecule has 0 bridgehead atoms. The van der Waals surface area contributed by atoms with Gasteiger partial charge in [-0.05, 0) is 45.0 Å². The molecule has 1 amide bonds. The number of carbonyl (C=O) groups is 1. The quantitative estimate of drug-likeness (QED) is 0.625. The van der Waals surface area contributed by atoms with Gasteiger partial charge < -0.3 is 14.3 Å². The zero-order chi connectivity index (χ0) is 19.7. The average Bonchev–Trinajstić information content (AvgIpc) is 2.44. The monoisotopic (exact) mass is 377 g/mol. The molecule has 0 unspecified atom stereocenters. The van der Waals surface area contributed by atoms with Crippen LogP contribution in [0.3, 0.4) is 0 Å². The first-order valence-electron chi connectivity index (χ1n) is 9.30. The van der Waals surface area contributed by atoms with Gasteiger partial charge in [0.25, 0.3) is 0 Å². The Morgan fingerprint density at radius 1 is 1.31 bits per heavy atom. The van der Waals surface area contributed by atoms with Crippen LogP contribution in [0, 0.1) is 5.92 Å². The van der Waals surface area contributed by atoms with Gasteiger partial charge in [0, 0.05) is 5.56 Å². The molecular weight excluding hydrogens is 346 g/mol. The number of benzene rings is 1. The lowest BCUT2D eigenvalue weighted by molar-refractivity contribution is -0.205. The smallest absolute Gasteiger partial charge is 0.234 e. The Morgan fingerprint density at radius 3 is 2.50 bits per heavy atom. The molecule has 5 nitrogen and oxygen atoms in total. The van der Waals surface area contributed by atoms with Crippen LogP contribution in [0.4, 0.5) is 0 Å². The predicted octanol–water partition coefficient (Wildman–Crippen LogP) is 4.43. The molecule has 2 heterocycles. The number of hydrogen-bond donors (Lipinski definition) is 1. The number of amides is 1. The van der Waals surface area contributed by atoms with E-state index in [0.29, 0.717) is 5.75 Å². The molecule has 1 N–H and O–H groups in total. The Bertz CT molecular complexity index is 738. The van der Waals surface area contributed by atoms with Gasteiger partial charge in [0.05, 0.1) is 18.1 Å². The number of β-lactam (4-membered cyclic amide) rings is 1. The fourth-order valence-corrected chi connectivity index (χ4v) is 5.23. The molecule has 144 valence electrons. The fraction of sp³-hybridized carbons (Fsp3) is 0.650. The van der Waals surface area contributed by atoms with E-state index in [0.717, 1.165) is 5.56 Å². The highest BCUT2D eigenvalue weighted by atomic mass is 28.4. The number of fused-ring (bicyclic) bond motifs is 3. The van der Waals surface area contributed by atoms with Crippen LogP contribution in [0.25, 0.3) is 0 Å². The van der Waals surface area contributed by atoms with Gasteiger partial charge in [0.2, 0.25) is 5.91 Å². The second-order valence-corrected chi connectivity index (χ2v) is 14.3. The Labute approximate surface area is 157 Å². The average molecular weight is 378 g/mol. The van der Waals surface area contributed by atoms with E-state index < -0.39 is 14.0 Å². The molecule has 1 aromatic carbocycles. The summed E-state index contributed by atoms with van der Waals surface area (Å²) in [6.07, 6.45) is -0.186. The fourth-order valence-electron chi connectivity index (χ4n) is 3.80. The summed E-state index contributed by atoms with van der Waals surface area (Å²) in [6.45, 7) is 16.7. The second kappa shape index (κ2) is 5.73. The highest BCUT2D eigenvalue weighted by Gasteiger charge is 2.61. The minimum Gasteiger partial charge on any atom is -0.504 e. The minimum absolute atomic E-state index is 0.0557. The van der Waals surface area contributed by atoms with Crippen LogP contribution < -0.4 is 4.74 Å². The molecule has 1 saturated heterocycles. The predicted molar refractivity (Wildman–Crippen MR) is 104 cm³/mol. The summed E-state index contributed by atoms with van der Waals surface area (Å²) >= 11 is 0. The summed E-state index contributed by atoms with van der Waals surface area (Å²) < 4.78 is 12.5. The van der Waals surface area contributed by atoms with Gasteiger partial charge in [-0.15, -0.1) is 0 Å². The second-order valence-electron chi connectivity index (χ2n) is 9.51. The summed E-state index contributed by atoms with van der Waals surface area (Å²) in [5.74, 6) is 0.398. The van der Waals surface area contributed by atoms with E-state index in [-0.39, 0.29) is 34.8 Å². The Morgan fingerprint density at radius 2 is 1.92 bits per heavy atom. The van der Waals surface area contributed by atoms with E-state index in [1.807, 2.05) is 26.8 Å². The van der Waals surface area contributed by atoms with Gasteiger partial charge in [-0.3, -0.25) is 9.69 Å². The van der Waals surface area contributed by atoms with Crippen LogP contribution in [0.2, 0.25) is 18.1 Å². The molecule has 3 rings (SSSR count). The van der Waals surface area contributed by atoms with E-state index in [9.17, 15) is 9.90 Å². The zero-order valence-corrected chi connectivity index (χ0v) is 18.1. The zero-order valence-electron chi connectivity index (χ0n) is 17.1. The molecule has 3 atom stereocenters. The summed E-state index contributed by atoms with van der Waals surface area (Å²) in [4.78, 5) is 14.8. The van der Waals surface area contributed by atoms with Crippen molar-refractivity contribution in [2.75, 3.05) is 0 Å². The van der Waals surface area contributed by atoms with E-state index >= 15 is 0 Å². The summed E-state index contributed by atoms with van der Waals surface area (Å²) in [5.41, 5.74) is 0.0699. The molecule has 0 spiro atoms. The maximum atomic E-state index is 13.0. The molecule has 0 aromatic heterocycles. The van der Waals surface area contributed by atoms with Crippen LogP contribution in [0.5, 0.6) is 11.5 Å². The summed E-state index contributed by atoms with van der Waals surface area (Å²) in [5, 5.41) is 10.3. The molecule has 1 fully saturated rings. The number of aromatic hydroxyl groups is 1. The van der Waals surface area contributed by atoms with Crippen LogP contribution in [0.1, 0.15) is 53.1 Å². The molecule has 0 radical (unpaired) electrons. The number of rotatable bonds is 3. The van der Waals surface area contributed by atoms with Crippen molar-refractivity contribution in [3.8, 4) is 11.5 Å². The van der Waals surface area contributed by atoms with Crippen molar-refractivity contribution < 1.29 is 19.1 Å². The number of carbonyl (C=O) groups excluding carboxylic acids is 1. The van der Waals surface area contributed by atoms with Crippen molar-refractivity contribution in [1.82, 2.24) is 4.90 Å². The van der Waals surface area contributed by atoms with Crippen LogP contribution in [-0.2, 0) is 9.22 Å². The maximum absolute atomic E-state index is 13.0. The standard InChI is InChI=1S/C20H31NO4Si/c1-12(25-26(7,8)19(2,3)4)15-16-13-10-9-11-14(22)17(13)24-20(5,6)21(16)18(15)23/h9-12,15-16,22H,1-8H3/t12-,15-,16-/m1/s1. The van der Waals surface area contributed by atoms with Crippen molar-refractivity contribution in [1.29, 1.82) is 0 Å². The van der Waals surface area contributed by atoms with Crippen molar-refractivity contribution in [3.63, 3.8) is 0 Å². The molecule has 26 heavy (non-hydrogen) atoms. The van der Waals surface area contributed by atoms with E-state index in [2.05, 4.69) is 33.9 Å². The first-order chi connectivity index (χ1) is 11.8. The lowest BCUT2D eigenvalue weighted by Gasteiger charge is -2.59. The van der Waals surface area contributed by atoms with Crippen LogP contribution in [-0.4, -0.2) is 36.1 Å². The first kappa shape index (κ1) is 19.2. The van der Waals surface area contributed by atoms with Crippen molar-refractivity contribution in [2.24, 2.45) is 5.92 Å². The molecular formula is C20H31NO4Si. The number of phenols is 1. The Kier molecular flexibility index (Phi) is 4.24. The van der Waals surface area contributed by atoms with Gasteiger partial charge in [0.1, 0.15) is 0 Å². The molecule has 1 aromatic rings. The lowest BCUT2D eigenvalue weighted by Crippen LogP contribution is -2.69. The largest absolute Gasteiger partial charge is 0.504 e. The van der Waals surface area contributed by atoms with Crippen molar-refractivity contribution in [2.45, 2.75) is 77.5 Å².